The Hall–Kier alpha value is -2.35. The van der Waals surface area contributed by atoms with Crippen LogP contribution in [-0.2, 0) is 0 Å². The Balaban J connectivity index is 2.78. The van der Waals surface area contributed by atoms with Gasteiger partial charge in [0.25, 0.3) is 0 Å². The number of nitrogens with one attached hydrogen (secondary N) is 1. The summed E-state index contributed by atoms with van der Waals surface area (Å²) in [5.74, 6) is 0.0689. The van der Waals surface area contributed by atoms with E-state index in [1.54, 1.807) is 0 Å². The van der Waals surface area contributed by atoms with Crippen molar-refractivity contribution in [2.45, 2.75) is 13.3 Å². The van der Waals surface area contributed by atoms with Gasteiger partial charge in [-0.15, -0.1) is 0 Å². The van der Waals surface area contributed by atoms with E-state index in [0.717, 1.165) is 6.42 Å². The van der Waals surface area contributed by atoms with Gasteiger partial charge >= 0.3 is 0 Å². The van der Waals surface area contributed by atoms with Gasteiger partial charge in [-0.2, -0.15) is 5.26 Å². The van der Waals surface area contributed by atoms with Crippen molar-refractivity contribution >= 4 is 16.6 Å². The van der Waals surface area contributed by atoms with E-state index in [2.05, 4.69) is 16.4 Å². The summed E-state index contributed by atoms with van der Waals surface area (Å²) < 4.78 is 19.1. The molecule has 4 nitrogen and oxygen atoms in total. The number of anilines is 1. The van der Waals surface area contributed by atoms with Crippen LogP contribution in [0.15, 0.2) is 18.3 Å². The molecule has 1 aromatic carbocycles. The Labute approximate surface area is 110 Å². The molecular formula is C14H14FN3O. The molecule has 2 aromatic rings. The number of halogens is 1. The van der Waals surface area contributed by atoms with Crippen LogP contribution in [0.25, 0.3) is 10.9 Å². The normalized spacial score (nSPS) is 10.2. The fraction of sp³-hybridized carbons (Fsp3) is 0.286. The summed E-state index contributed by atoms with van der Waals surface area (Å²) in [5.41, 5.74) is 1.16. The second kappa shape index (κ2) is 5.53. The van der Waals surface area contributed by atoms with Crippen LogP contribution in [-0.4, -0.2) is 18.6 Å². The molecule has 0 spiro atoms. The first kappa shape index (κ1) is 13.1. The molecule has 19 heavy (non-hydrogen) atoms. The third kappa shape index (κ3) is 2.29. The molecule has 0 aliphatic rings. The number of pyridine rings is 1. The van der Waals surface area contributed by atoms with Gasteiger partial charge in [-0.05, 0) is 18.6 Å². The number of nitriles is 1. The number of methoxy groups -OCH3 is 1. The second-order valence-electron chi connectivity index (χ2n) is 4.06. The first-order chi connectivity index (χ1) is 9.22. The van der Waals surface area contributed by atoms with Gasteiger partial charge in [-0.1, -0.05) is 6.92 Å². The number of nitrogens with zero attached hydrogens (tertiary/aromatic N) is 2. The Morgan fingerprint density at radius 3 is 2.89 bits per heavy atom. The average Bonchev–Trinajstić information content (AvgIpc) is 2.45. The van der Waals surface area contributed by atoms with E-state index >= 15 is 0 Å². The monoisotopic (exact) mass is 259 g/mol. The number of ether oxygens (including phenoxy) is 1. The molecule has 1 heterocycles. The molecule has 0 aliphatic heterocycles. The summed E-state index contributed by atoms with van der Waals surface area (Å²) >= 11 is 0. The van der Waals surface area contributed by atoms with Crippen molar-refractivity contribution in [3.05, 3.63) is 29.7 Å². The Morgan fingerprint density at radius 2 is 2.26 bits per heavy atom. The Kier molecular flexibility index (Phi) is 3.81. The Morgan fingerprint density at radius 1 is 1.47 bits per heavy atom. The lowest BCUT2D eigenvalue weighted by Gasteiger charge is -2.13. The number of benzene rings is 1. The number of aromatic nitrogens is 1. The first-order valence-corrected chi connectivity index (χ1v) is 6.02. The molecule has 98 valence electrons. The van der Waals surface area contributed by atoms with Crippen molar-refractivity contribution < 1.29 is 9.13 Å². The zero-order valence-corrected chi connectivity index (χ0v) is 10.8. The van der Waals surface area contributed by atoms with Gasteiger partial charge < -0.3 is 10.1 Å². The van der Waals surface area contributed by atoms with Crippen LogP contribution in [0.4, 0.5) is 10.1 Å². The van der Waals surface area contributed by atoms with E-state index in [1.807, 2.05) is 6.92 Å². The standard InChI is InChI=1S/C14H14FN3O/c1-3-6-17-13-9(7-16)8-18-14-10(15)4-5-11(19-2)12(13)14/h4-5,8H,3,6H2,1-2H3,(H,17,18). The van der Waals surface area contributed by atoms with Gasteiger partial charge in [0.15, 0.2) is 0 Å². The minimum atomic E-state index is -0.431. The van der Waals surface area contributed by atoms with Gasteiger partial charge in [0.1, 0.15) is 23.2 Å². The summed E-state index contributed by atoms with van der Waals surface area (Å²) in [5, 5.41) is 12.8. The topological polar surface area (TPSA) is 57.9 Å². The summed E-state index contributed by atoms with van der Waals surface area (Å²) in [6, 6.07) is 4.91. The van der Waals surface area contributed by atoms with E-state index in [9.17, 15) is 4.39 Å². The van der Waals surface area contributed by atoms with Crippen LogP contribution in [0.1, 0.15) is 18.9 Å². The third-order valence-electron chi connectivity index (χ3n) is 2.82. The van der Waals surface area contributed by atoms with Crippen LogP contribution in [0.2, 0.25) is 0 Å². The van der Waals surface area contributed by atoms with Gasteiger partial charge in [0.05, 0.1) is 23.7 Å². The highest BCUT2D eigenvalue weighted by Crippen LogP contribution is 2.34. The molecule has 0 unspecified atom stereocenters. The fourth-order valence-corrected chi connectivity index (χ4v) is 1.93. The average molecular weight is 259 g/mol. The number of hydrogen-bond acceptors (Lipinski definition) is 4. The molecule has 0 bridgehead atoms. The highest BCUT2D eigenvalue weighted by atomic mass is 19.1. The molecule has 1 N–H and O–H groups in total. The second-order valence-corrected chi connectivity index (χ2v) is 4.06. The minimum absolute atomic E-state index is 0.206. The maximum atomic E-state index is 13.8. The maximum absolute atomic E-state index is 13.8. The van der Waals surface area contributed by atoms with E-state index in [4.69, 9.17) is 10.00 Å². The molecule has 0 fully saturated rings. The summed E-state index contributed by atoms with van der Waals surface area (Å²) in [6.07, 6.45) is 2.27. The van der Waals surface area contributed by atoms with Crippen LogP contribution in [0, 0.1) is 17.1 Å². The maximum Gasteiger partial charge on any atom is 0.149 e. The lowest BCUT2D eigenvalue weighted by Crippen LogP contribution is -2.05. The summed E-state index contributed by atoms with van der Waals surface area (Å²) in [7, 11) is 1.51. The zero-order chi connectivity index (χ0) is 13.8. The summed E-state index contributed by atoms with van der Waals surface area (Å²) in [4.78, 5) is 4.01. The molecule has 0 aliphatic carbocycles. The first-order valence-electron chi connectivity index (χ1n) is 6.02. The van der Waals surface area contributed by atoms with Crippen molar-refractivity contribution in [2.75, 3.05) is 19.0 Å². The highest BCUT2D eigenvalue weighted by Gasteiger charge is 2.15. The number of rotatable bonds is 4. The van der Waals surface area contributed by atoms with Crippen LogP contribution in [0.5, 0.6) is 5.75 Å². The van der Waals surface area contributed by atoms with E-state index in [-0.39, 0.29) is 5.52 Å². The smallest absolute Gasteiger partial charge is 0.149 e. The highest BCUT2D eigenvalue weighted by molar-refractivity contribution is 5.99. The molecule has 5 heteroatoms. The molecule has 0 amide bonds. The lowest BCUT2D eigenvalue weighted by molar-refractivity contribution is 0.419. The fourth-order valence-electron chi connectivity index (χ4n) is 1.93. The van der Waals surface area contributed by atoms with Crippen molar-refractivity contribution in [2.24, 2.45) is 0 Å². The largest absolute Gasteiger partial charge is 0.496 e. The van der Waals surface area contributed by atoms with Crippen LogP contribution >= 0.6 is 0 Å². The van der Waals surface area contributed by atoms with Crippen molar-refractivity contribution in [1.29, 1.82) is 5.26 Å². The Bertz CT molecular complexity index is 649. The predicted molar refractivity (Wildman–Crippen MR) is 71.7 cm³/mol. The molecule has 2 rings (SSSR count). The quantitative estimate of drug-likeness (QED) is 0.916. The zero-order valence-electron chi connectivity index (χ0n) is 10.8. The molecule has 1 aromatic heterocycles. The minimum Gasteiger partial charge on any atom is -0.496 e. The summed E-state index contributed by atoms with van der Waals surface area (Å²) in [6.45, 7) is 2.70. The van der Waals surface area contributed by atoms with Crippen LogP contribution < -0.4 is 10.1 Å². The van der Waals surface area contributed by atoms with E-state index in [0.29, 0.717) is 28.9 Å². The molecule has 0 saturated carbocycles. The van der Waals surface area contributed by atoms with Crippen LogP contribution in [0.3, 0.4) is 0 Å². The van der Waals surface area contributed by atoms with Gasteiger partial charge in [-0.3, -0.25) is 4.98 Å². The molecule has 0 radical (unpaired) electrons. The van der Waals surface area contributed by atoms with Gasteiger partial charge in [0, 0.05) is 12.7 Å². The van der Waals surface area contributed by atoms with Crippen molar-refractivity contribution in [1.82, 2.24) is 4.98 Å². The lowest BCUT2D eigenvalue weighted by atomic mass is 10.1. The SMILES string of the molecule is CCCNc1c(C#N)cnc2c(F)ccc(OC)c12. The predicted octanol–water partition coefficient (Wildman–Crippen LogP) is 3.08. The molecule has 0 saturated heterocycles. The molecule has 0 atom stereocenters. The number of fused-ring (bicyclic) bond motifs is 1. The van der Waals surface area contributed by atoms with Crippen molar-refractivity contribution in [3.63, 3.8) is 0 Å². The molecular weight excluding hydrogens is 245 g/mol. The number of hydrogen-bond donors (Lipinski definition) is 1. The third-order valence-corrected chi connectivity index (χ3v) is 2.82. The van der Waals surface area contributed by atoms with Gasteiger partial charge in [-0.25, -0.2) is 4.39 Å². The van der Waals surface area contributed by atoms with Gasteiger partial charge in [0.2, 0.25) is 0 Å². The van der Waals surface area contributed by atoms with Crippen molar-refractivity contribution in [3.8, 4) is 11.8 Å². The van der Waals surface area contributed by atoms with E-state index < -0.39 is 5.82 Å². The van der Waals surface area contributed by atoms with E-state index in [1.165, 1.54) is 25.4 Å².